The van der Waals surface area contributed by atoms with Gasteiger partial charge in [-0.05, 0) is 34.7 Å². The number of phenols is 1. The van der Waals surface area contributed by atoms with Crippen molar-refractivity contribution in [2.45, 2.75) is 10.4 Å². The molecule has 10 heteroatoms. The van der Waals surface area contributed by atoms with E-state index in [1.807, 2.05) is 0 Å². The van der Waals surface area contributed by atoms with Crippen LogP contribution in [0.5, 0.6) is 5.75 Å². The van der Waals surface area contributed by atoms with E-state index < -0.39 is 11.2 Å². The number of nitrogens with zero attached hydrogens (tertiary/aromatic N) is 4. The van der Waals surface area contributed by atoms with Crippen molar-refractivity contribution >= 4 is 17.7 Å². The van der Waals surface area contributed by atoms with Gasteiger partial charge in [0.05, 0.1) is 5.69 Å². The van der Waals surface area contributed by atoms with Crippen LogP contribution >= 0.6 is 11.8 Å². The molecule has 1 aromatic carbocycles. The summed E-state index contributed by atoms with van der Waals surface area (Å²) in [5.41, 5.74) is 0.312. The molecule has 0 fully saturated rings. The number of carboxylic acids is 1. The average Bonchev–Trinajstić information content (AvgIpc) is 2.77. The third kappa shape index (κ3) is 2.78. The summed E-state index contributed by atoms with van der Waals surface area (Å²) in [6.07, 6.45) is 0. The lowest BCUT2D eigenvalue weighted by Crippen LogP contribution is -2.24. The first-order valence-electron chi connectivity index (χ1n) is 4.78. The first kappa shape index (κ1) is 13.2. The van der Waals surface area contributed by atoms with Crippen molar-refractivity contribution in [2.24, 2.45) is 0 Å². The maximum absolute atomic E-state index is 13.1. The number of halogens is 2. The number of hydrogen-bond acceptors (Lipinski definition) is 6. The molecule has 0 aliphatic carbocycles. The lowest BCUT2D eigenvalue weighted by molar-refractivity contribution is -0.152. The number of phenolic OH excluding ortho intramolecular Hbond substituents is 1. The Balaban J connectivity index is 2.33. The number of rotatable bonds is 4. The Bertz CT molecular complexity index is 602. The third-order valence-electron chi connectivity index (χ3n) is 2.00. The quantitative estimate of drug-likeness (QED) is 0.813. The van der Waals surface area contributed by atoms with Gasteiger partial charge in [-0.15, -0.1) is 5.10 Å². The van der Waals surface area contributed by atoms with Crippen LogP contribution in [0.25, 0.3) is 5.69 Å². The topological polar surface area (TPSA) is 101 Å². The van der Waals surface area contributed by atoms with Crippen LogP contribution in [0.3, 0.4) is 0 Å². The van der Waals surface area contributed by atoms with Crippen LogP contribution < -0.4 is 0 Å². The van der Waals surface area contributed by atoms with Crippen LogP contribution in [0.1, 0.15) is 0 Å². The molecule has 19 heavy (non-hydrogen) atoms. The first-order chi connectivity index (χ1) is 8.90. The van der Waals surface area contributed by atoms with Crippen LogP contribution in [-0.2, 0) is 4.79 Å². The lowest BCUT2D eigenvalue weighted by atomic mass is 10.3. The molecule has 2 aromatic rings. The van der Waals surface area contributed by atoms with E-state index in [2.05, 4.69) is 15.5 Å². The molecule has 0 atom stereocenters. The van der Waals surface area contributed by atoms with E-state index in [9.17, 15) is 13.6 Å². The molecule has 100 valence electrons. The number of alkyl halides is 2. The Labute approximate surface area is 108 Å². The largest absolute Gasteiger partial charge is 0.508 e. The molecule has 0 unspecified atom stereocenters. The Morgan fingerprint density at radius 3 is 2.53 bits per heavy atom. The van der Waals surface area contributed by atoms with Crippen LogP contribution in [0.2, 0.25) is 0 Å². The molecule has 0 saturated heterocycles. The highest BCUT2D eigenvalue weighted by Gasteiger charge is 2.42. The summed E-state index contributed by atoms with van der Waals surface area (Å²) in [7, 11) is 0. The summed E-state index contributed by atoms with van der Waals surface area (Å²) in [5, 5.41) is 23.1. The molecule has 0 saturated carbocycles. The van der Waals surface area contributed by atoms with Gasteiger partial charge in [0, 0.05) is 11.8 Å². The fourth-order valence-corrected chi connectivity index (χ4v) is 1.78. The minimum atomic E-state index is -4.04. The van der Waals surface area contributed by atoms with Crippen LogP contribution in [0.4, 0.5) is 8.78 Å². The standard InChI is InChI=1S/C9H6F2N4O3S/c10-9(11,7(17)18)19-8-12-13-14-15(8)5-1-3-6(16)4-2-5/h1-4,16H,(H,17,18). The van der Waals surface area contributed by atoms with Gasteiger partial charge in [0.15, 0.2) is 0 Å². The molecule has 0 bridgehead atoms. The van der Waals surface area contributed by atoms with Crippen LogP contribution in [0.15, 0.2) is 29.4 Å². The van der Waals surface area contributed by atoms with Crippen molar-refractivity contribution < 1.29 is 23.8 Å². The van der Waals surface area contributed by atoms with Crippen molar-refractivity contribution in [3.8, 4) is 11.4 Å². The SMILES string of the molecule is O=C(O)C(F)(F)Sc1nnnn1-c1ccc(O)cc1. The summed E-state index contributed by atoms with van der Waals surface area (Å²) in [5.74, 6) is -2.29. The van der Waals surface area contributed by atoms with E-state index in [0.29, 0.717) is 5.69 Å². The number of carboxylic acid groups (broad SMARTS) is 1. The maximum atomic E-state index is 13.1. The van der Waals surface area contributed by atoms with Crippen molar-refractivity contribution in [2.75, 3.05) is 0 Å². The fraction of sp³-hybridized carbons (Fsp3) is 0.111. The molecule has 1 heterocycles. The van der Waals surface area contributed by atoms with Gasteiger partial charge < -0.3 is 10.2 Å². The molecular formula is C9H6F2N4O3S. The first-order valence-corrected chi connectivity index (χ1v) is 5.60. The van der Waals surface area contributed by atoms with Gasteiger partial charge in [0.2, 0.25) is 5.16 Å². The highest BCUT2D eigenvalue weighted by atomic mass is 32.2. The number of aromatic nitrogens is 4. The second kappa shape index (κ2) is 4.80. The molecule has 2 N–H and O–H groups in total. The molecule has 0 aliphatic rings. The number of thioether (sulfide) groups is 1. The monoisotopic (exact) mass is 288 g/mol. The van der Waals surface area contributed by atoms with Crippen molar-refractivity contribution in [1.29, 1.82) is 0 Å². The van der Waals surface area contributed by atoms with Crippen molar-refractivity contribution in [3.63, 3.8) is 0 Å². The Kier molecular flexibility index (Phi) is 3.34. The molecule has 0 aliphatic heterocycles. The van der Waals surface area contributed by atoms with E-state index in [1.165, 1.54) is 24.3 Å². The van der Waals surface area contributed by atoms with Gasteiger partial charge in [-0.2, -0.15) is 13.5 Å². The predicted molar refractivity (Wildman–Crippen MR) is 59.3 cm³/mol. The molecular weight excluding hydrogens is 282 g/mol. The van der Waals surface area contributed by atoms with Crippen molar-refractivity contribution in [1.82, 2.24) is 20.2 Å². The molecule has 2 rings (SSSR count). The number of hydrogen-bond donors (Lipinski definition) is 2. The molecule has 0 spiro atoms. The summed E-state index contributed by atoms with van der Waals surface area (Å²) in [6, 6.07) is 5.44. The lowest BCUT2D eigenvalue weighted by Gasteiger charge is -2.09. The minimum Gasteiger partial charge on any atom is -0.508 e. The zero-order valence-corrected chi connectivity index (χ0v) is 9.88. The number of benzene rings is 1. The number of aliphatic carboxylic acids is 1. The van der Waals surface area contributed by atoms with Gasteiger partial charge in [0.25, 0.3) is 0 Å². The smallest absolute Gasteiger partial charge is 0.395 e. The van der Waals surface area contributed by atoms with E-state index in [0.717, 1.165) is 4.68 Å². The number of tetrazole rings is 1. The zero-order chi connectivity index (χ0) is 14.0. The minimum absolute atomic E-state index is 0.0121. The van der Waals surface area contributed by atoms with Gasteiger partial charge in [0.1, 0.15) is 5.75 Å². The van der Waals surface area contributed by atoms with E-state index >= 15 is 0 Å². The van der Waals surface area contributed by atoms with E-state index in [1.54, 1.807) is 0 Å². The Morgan fingerprint density at radius 1 is 1.32 bits per heavy atom. The molecule has 1 aromatic heterocycles. The predicted octanol–water partition coefficient (Wildman–Crippen LogP) is 1.14. The Morgan fingerprint density at radius 2 is 1.95 bits per heavy atom. The molecule has 0 amide bonds. The third-order valence-corrected chi connectivity index (χ3v) is 2.87. The number of aromatic hydroxyl groups is 1. The summed E-state index contributed by atoms with van der Waals surface area (Å²) < 4.78 is 27.1. The highest BCUT2D eigenvalue weighted by molar-refractivity contribution is 8.00. The normalized spacial score (nSPS) is 11.5. The average molecular weight is 288 g/mol. The summed E-state index contributed by atoms with van der Waals surface area (Å²) in [4.78, 5) is 10.4. The fourth-order valence-electron chi connectivity index (χ4n) is 1.16. The second-order valence-electron chi connectivity index (χ2n) is 3.31. The van der Waals surface area contributed by atoms with Crippen LogP contribution in [-0.4, -0.2) is 41.6 Å². The zero-order valence-electron chi connectivity index (χ0n) is 9.07. The molecule has 0 radical (unpaired) electrons. The van der Waals surface area contributed by atoms with E-state index in [4.69, 9.17) is 10.2 Å². The van der Waals surface area contributed by atoms with Gasteiger partial charge in [-0.1, -0.05) is 0 Å². The van der Waals surface area contributed by atoms with Gasteiger partial charge >= 0.3 is 11.2 Å². The number of carbonyl (C=O) groups is 1. The molecule has 7 nitrogen and oxygen atoms in total. The maximum Gasteiger partial charge on any atom is 0.395 e. The van der Waals surface area contributed by atoms with Gasteiger partial charge in [-0.3, -0.25) is 0 Å². The van der Waals surface area contributed by atoms with E-state index in [-0.39, 0.29) is 22.7 Å². The van der Waals surface area contributed by atoms with Gasteiger partial charge in [-0.25, -0.2) is 4.79 Å². The van der Waals surface area contributed by atoms with Crippen LogP contribution in [0, 0.1) is 0 Å². The Hall–Kier alpha value is -2.23. The van der Waals surface area contributed by atoms with Crippen molar-refractivity contribution in [3.05, 3.63) is 24.3 Å². The summed E-state index contributed by atoms with van der Waals surface area (Å²) >= 11 is -0.282. The highest BCUT2D eigenvalue weighted by Crippen LogP contribution is 2.35. The summed E-state index contributed by atoms with van der Waals surface area (Å²) in [6.45, 7) is 0. The second-order valence-corrected chi connectivity index (χ2v) is 4.40.